The highest BCUT2D eigenvalue weighted by Gasteiger charge is 2.21. The molecule has 18 heavy (non-hydrogen) atoms. The van der Waals surface area contributed by atoms with Crippen LogP contribution >= 0.6 is 23.2 Å². The maximum atomic E-state index is 12.2. The van der Waals surface area contributed by atoms with Crippen molar-refractivity contribution in [2.45, 2.75) is 0 Å². The molecule has 0 radical (unpaired) electrons. The largest absolute Gasteiger partial charge is 0.342 e. The number of carbonyl (C=O) groups is 2. The number of rotatable bonds is 2. The van der Waals surface area contributed by atoms with Gasteiger partial charge in [0.1, 0.15) is 0 Å². The van der Waals surface area contributed by atoms with Crippen LogP contribution in [0.25, 0.3) is 0 Å². The first-order valence-electron chi connectivity index (χ1n) is 5.55. The number of benzene rings is 1. The van der Waals surface area contributed by atoms with E-state index in [-0.39, 0.29) is 5.91 Å². The van der Waals surface area contributed by atoms with Gasteiger partial charge in [-0.05, 0) is 18.2 Å². The van der Waals surface area contributed by atoms with E-state index in [1.165, 1.54) is 0 Å². The van der Waals surface area contributed by atoms with E-state index in [0.717, 1.165) is 6.41 Å². The summed E-state index contributed by atoms with van der Waals surface area (Å²) in [6.45, 7) is 2.21. The highest BCUT2D eigenvalue weighted by atomic mass is 35.5. The lowest BCUT2D eigenvalue weighted by Gasteiger charge is -2.32. The molecule has 1 aliphatic rings. The molecule has 1 heterocycles. The van der Waals surface area contributed by atoms with Gasteiger partial charge in [-0.15, -0.1) is 0 Å². The molecule has 0 unspecified atom stereocenters. The second kappa shape index (κ2) is 5.59. The summed E-state index contributed by atoms with van der Waals surface area (Å²) in [6.07, 6.45) is 0.807. The number of hydrogen-bond acceptors (Lipinski definition) is 2. The van der Waals surface area contributed by atoms with Gasteiger partial charge in [-0.25, -0.2) is 0 Å². The summed E-state index contributed by atoms with van der Waals surface area (Å²) in [4.78, 5) is 26.1. The van der Waals surface area contributed by atoms with E-state index in [2.05, 4.69) is 0 Å². The lowest BCUT2D eigenvalue weighted by molar-refractivity contribution is -0.119. The first-order chi connectivity index (χ1) is 8.61. The van der Waals surface area contributed by atoms with Gasteiger partial charge in [0.15, 0.2) is 0 Å². The molecule has 96 valence electrons. The molecule has 6 heteroatoms. The van der Waals surface area contributed by atoms with Crippen LogP contribution in [-0.4, -0.2) is 48.3 Å². The summed E-state index contributed by atoms with van der Waals surface area (Å²) < 4.78 is 0. The van der Waals surface area contributed by atoms with Gasteiger partial charge in [0.2, 0.25) is 6.41 Å². The maximum absolute atomic E-state index is 12.2. The van der Waals surface area contributed by atoms with Gasteiger partial charge in [0.05, 0.1) is 10.0 Å². The molecular formula is C12H12Cl2N2O2. The second-order valence-electron chi connectivity index (χ2n) is 4.06. The van der Waals surface area contributed by atoms with E-state index in [4.69, 9.17) is 23.2 Å². The molecule has 0 aromatic heterocycles. The highest BCUT2D eigenvalue weighted by molar-refractivity contribution is 6.42. The molecule has 1 aromatic rings. The molecule has 4 nitrogen and oxygen atoms in total. The lowest BCUT2D eigenvalue weighted by atomic mass is 10.2. The van der Waals surface area contributed by atoms with Crippen LogP contribution in [0, 0.1) is 0 Å². The minimum atomic E-state index is -0.0842. The molecular weight excluding hydrogens is 275 g/mol. The minimum absolute atomic E-state index is 0.0842. The fraction of sp³-hybridized carbons (Fsp3) is 0.333. The topological polar surface area (TPSA) is 40.6 Å². The lowest BCUT2D eigenvalue weighted by Crippen LogP contribution is -2.48. The van der Waals surface area contributed by atoms with Crippen LogP contribution in [0.15, 0.2) is 18.2 Å². The zero-order valence-electron chi connectivity index (χ0n) is 9.60. The van der Waals surface area contributed by atoms with Crippen molar-refractivity contribution in [1.29, 1.82) is 0 Å². The van der Waals surface area contributed by atoms with Gasteiger partial charge >= 0.3 is 0 Å². The maximum Gasteiger partial charge on any atom is 0.254 e. The van der Waals surface area contributed by atoms with Crippen LogP contribution < -0.4 is 0 Å². The van der Waals surface area contributed by atoms with Crippen molar-refractivity contribution in [3.05, 3.63) is 33.8 Å². The van der Waals surface area contributed by atoms with Gasteiger partial charge in [-0.1, -0.05) is 23.2 Å². The Kier molecular flexibility index (Phi) is 4.09. The van der Waals surface area contributed by atoms with Crippen LogP contribution in [-0.2, 0) is 4.79 Å². The van der Waals surface area contributed by atoms with Crippen LogP contribution in [0.5, 0.6) is 0 Å². The summed E-state index contributed by atoms with van der Waals surface area (Å²) in [7, 11) is 0. The zero-order chi connectivity index (χ0) is 13.1. The Morgan fingerprint density at radius 1 is 1.11 bits per heavy atom. The average Bonchev–Trinajstić information content (AvgIpc) is 2.41. The number of amides is 2. The first-order valence-corrected chi connectivity index (χ1v) is 6.31. The Labute approximate surface area is 115 Å². The van der Waals surface area contributed by atoms with Crippen LogP contribution in [0.1, 0.15) is 10.4 Å². The monoisotopic (exact) mass is 286 g/mol. The van der Waals surface area contributed by atoms with Gasteiger partial charge in [0, 0.05) is 31.7 Å². The Morgan fingerprint density at radius 2 is 1.78 bits per heavy atom. The minimum Gasteiger partial charge on any atom is -0.342 e. The Balaban J connectivity index is 2.07. The van der Waals surface area contributed by atoms with Gasteiger partial charge in [-0.3, -0.25) is 9.59 Å². The molecule has 0 aliphatic carbocycles. The number of nitrogens with zero attached hydrogens (tertiary/aromatic N) is 2. The van der Waals surface area contributed by atoms with Crippen molar-refractivity contribution in [3.8, 4) is 0 Å². The number of halogens is 2. The molecule has 2 amide bonds. The van der Waals surface area contributed by atoms with Crippen molar-refractivity contribution in [3.63, 3.8) is 0 Å². The summed E-state index contributed by atoms with van der Waals surface area (Å²) in [5.41, 5.74) is 0.518. The smallest absolute Gasteiger partial charge is 0.254 e. The molecule has 2 rings (SSSR count). The number of hydrogen-bond donors (Lipinski definition) is 0. The van der Waals surface area contributed by atoms with Crippen molar-refractivity contribution < 1.29 is 9.59 Å². The highest BCUT2D eigenvalue weighted by Crippen LogP contribution is 2.23. The van der Waals surface area contributed by atoms with Gasteiger partial charge < -0.3 is 9.80 Å². The van der Waals surface area contributed by atoms with E-state index < -0.39 is 0 Å². The van der Waals surface area contributed by atoms with Crippen LogP contribution in [0.2, 0.25) is 10.0 Å². The van der Waals surface area contributed by atoms with Crippen LogP contribution in [0.3, 0.4) is 0 Å². The summed E-state index contributed by atoms with van der Waals surface area (Å²) in [5, 5.41) is 0.799. The van der Waals surface area contributed by atoms with Gasteiger partial charge in [-0.2, -0.15) is 0 Å². The third-order valence-corrected chi connectivity index (χ3v) is 3.66. The first kappa shape index (κ1) is 13.2. The third kappa shape index (κ3) is 2.76. The second-order valence-corrected chi connectivity index (χ2v) is 4.88. The number of carbonyl (C=O) groups excluding carboxylic acids is 2. The summed E-state index contributed by atoms with van der Waals surface area (Å²) in [5.74, 6) is -0.0842. The van der Waals surface area contributed by atoms with Crippen molar-refractivity contribution in [1.82, 2.24) is 9.80 Å². The van der Waals surface area contributed by atoms with Crippen molar-refractivity contribution >= 4 is 35.5 Å². The van der Waals surface area contributed by atoms with E-state index in [9.17, 15) is 9.59 Å². The van der Waals surface area contributed by atoms with Crippen molar-refractivity contribution in [2.75, 3.05) is 26.2 Å². The Bertz CT molecular complexity index is 471. The van der Waals surface area contributed by atoms with E-state index in [1.54, 1.807) is 28.0 Å². The zero-order valence-corrected chi connectivity index (χ0v) is 11.1. The van der Waals surface area contributed by atoms with Crippen LogP contribution in [0.4, 0.5) is 0 Å². The summed E-state index contributed by atoms with van der Waals surface area (Å²) >= 11 is 11.7. The van der Waals surface area contributed by atoms with Gasteiger partial charge in [0.25, 0.3) is 5.91 Å². The molecule has 0 saturated carbocycles. The predicted molar refractivity (Wildman–Crippen MR) is 70.0 cm³/mol. The Hall–Kier alpha value is -1.26. The molecule has 0 bridgehead atoms. The molecule has 1 fully saturated rings. The SMILES string of the molecule is O=CN1CCN(C(=O)c2ccc(Cl)c(Cl)c2)CC1. The number of piperazine rings is 1. The fourth-order valence-corrected chi connectivity index (χ4v) is 2.14. The molecule has 0 spiro atoms. The molecule has 0 N–H and O–H groups in total. The Morgan fingerprint density at radius 3 is 2.33 bits per heavy atom. The fourth-order valence-electron chi connectivity index (χ4n) is 1.84. The van der Waals surface area contributed by atoms with E-state index >= 15 is 0 Å². The standard InChI is InChI=1S/C12H12Cl2N2O2/c13-10-2-1-9(7-11(10)14)12(18)16-5-3-15(8-17)4-6-16/h1-2,7-8H,3-6H2. The molecule has 1 saturated heterocycles. The summed E-state index contributed by atoms with van der Waals surface area (Å²) in [6, 6.07) is 4.83. The van der Waals surface area contributed by atoms with Crippen molar-refractivity contribution in [2.24, 2.45) is 0 Å². The molecule has 0 atom stereocenters. The average molecular weight is 287 g/mol. The quantitative estimate of drug-likeness (QED) is 0.780. The predicted octanol–water partition coefficient (Wildman–Crippen LogP) is 1.91. The third-order valence-electron chi connectivity index (χ3n) is 2.92. The van der Waals surface area contributed by atoms with E-state index in [0.29, 0.717) is 41.8 Å². The molecule has 1 aliphatic heterocycles. The van der Waals surface area contributed by atoms with E-state index in [1.807, 2.05) is 0 Å². The normalized spacial score (nSPS) is 15.7. The molecule has 1 aromatic carbocycles.